The Labute approximate surface area is 180 Å². The van der Waals surface area contributed by atoms with Crippen LogP contribution in [0, 0.1) is 0 Å². The summed E-state index contributed by atoms with van der Waals surface area (Å²) in [5, 5.41) is 3.97. The zero-order valence-electron chi connectivity index (χ0n) is 17.8. The van der Waals surface area contributed by atoms with Crippen LogP contribution in [0.4, 0.5) is 5.69 Å². The fourth-order valence-electron chi connectivity index (χ4n) is 3.02. The molecule has 0 aliphatic rings. The Morgan fingerprint density at radius 2 is 1.83 bits per heavy atom. The van der Waals surface area contributed by atoms with Crippen molar-refractivity contribution in [3.63, 3.8) is 0 Å². The van der Waals surface area contributed by atoms with Gasteiger partial charge in [-0.25, -0.2) is 4.98 Å². The minimum atomic E-state index is -0.149. The van der Waals surface area contributed by atoms with E-state index in [1.54, 1.807) is 23.8 Å². The molecule has 3 rings (SSSR count). The maximum atomic E-state index is 12.9. The van der Waals surface area contributed by atoms with E-state index >= 15 is 0 Å². The van der Waals surface area contributed by atoms with Gasteiger partial charge in [-0.2, -0.15) is 0 Å². The van der Waals surface area contributed by atoms with Crippen LogP contribution in [-0.4, -0.2) is 34.9 Å². The first-order valence-corrected chi connectivity index (χ1v) is 10.8. The number of rotatable bonds is 7. The van der Waals surface area contributed by atoms with Crippen molar-refractivity contribution in [2.75, 3.05) is 24.8 Å². The molecule has 0 unspecified atom stereocenters. The van der Waals surface area contributed by atoms with E-state index in [-0.39, 0.29) is 22.6 Å². The lowest BCUT2D eigenvalue weighted by atomic mass is 9.87. The van der Waals surface area contributed by atoms with Crippen molar-refractivity contribution in [1.82, 2.24) is 9.55 Å². The van der Waals surface area contributed by atoms with Gasteiger partial charge >= 0.3 is 0 Å². The average Bonchev–Trinajstić information content (AvgIpc) is 2.71. The summed E-state index contributed by atoms with van der Waals surface area (Å²) in [5.41, 5.74) is 2.51. The van der Waals surface area contributed by atoms with Gasteiger partial charge in [0.1, 0.15) is 0 Å². The second-order valence-corrected chi connectivity index (χ2v) is 8.97. The molecule has 6 nitrogen and oxygen atoms in total. The number of aromatic nitrogens is 2. The summed E-state index contributed by atoms with van der Waals surface area (Å²) in [6.45, 7) is 7.22. The molecule has 0 aliphatic carbocycles. The number of fused-ring (bicyclic) bond motifs is 1. The average molecular weight is 426 g/mol. The Morgan fingerprint density at radius 3 is 2.50 bits per heavy atom. The third-order valence-electron chi connectivity index (χ3n) is 4.71. The third-order valence-corrected chi connectivity index (χ3v) is 5.69. The lowest BCUT2D eigenvalue weighted by Crippen LogP contribution is -2.26. The number of anilines is 1. The smallest absolute Gasteiger partial charge is 0.262 e. The molecule has 0 bridgehead atoms. The number of benzene rings is 2. The number of thioether (sulfide) groups is 1. The molecule has 1 heterocycles. The molecule has 0 saturated heterocycles. The van der Waals surface area contributed by atoms with Crippen LogP contribution in [0.1, 0.15) is 26.3 Å². The number of carbonyl (C=O) groups is 1. The van der Waals surface area contributed by atoms with Crippen LogP contribution in [0.3, 0.4) is 0 Å². The summed E-state index contributed by atoms with van der Waals surface area (Å²) < 4.78 is 6.70. The van der Waals surface area contributed by atoms with Crippen LogP contribution in [-0.2, 0) is 21.5 Å². The summed E-state index contributed by atoms with van der Waals surface area (Å²) >= 11 is 1.25. The highest BCUT2D eigenvalue weighted by Crippen LogP contribution is 2.24. The van der Waals surface area contributed by atoms with E-state index < -0.39 is 0 Å². The largest absolute Gasteiger partial charge is 0.383 e. The van der Waals surface area contributed by atoms with E-state index in [2.05, 4.69) is 31.1 Å². The highest BCUT2D eigenvalue weighted by Gasteiger charge is 2.15. The minimum absolute atomic E-state index is 0.0615. The van der Waals surface area contributed by atoms with Crippen molar-refractivity contribution in [3.8, 4) is 0 Å². The monoisotopic (exact) mass is 425 g/mol. The first kappa shape index (κ1) is 22.1. The normalized spacial score (nSPS) is 11.6. The van der Waals surface area contributed by atoms with Gasteiger partial charge in [0, 0.05) is 12.8 Å². The molecule has 2 aromatic carbocycles. The summed E-state index contributed by atoms with van der Waals surface area (Å²) in [6.07, 6.45) is 0. The van der Waals surface area contributed by atoms with E-state index in [4.69, 9.17) is 4.74 Å². The molecular weight excluding hydrogens is 398 g/mol. The molecular formula is C23H27N3O3S. The van der Waals surface area contributed by atoms with E-state index in [0.717, 1.165) is 5.69 Å². The predicted octanol–water partition coefficient (Wildman–Crippen LogP) is 4.07. The van der Waals surface area contributed by atoms with E-state index in [9.17, 15) is 9.59 Å². The molecule has 7 heteroatoms. The molecule has 0 spiro atoms. The SMILES string of the molecule is COCCn1c(SCC(=O)Nc2ccc(C(C)(C)C)cc2)nc2ccccc2c1=O. The Bertz CT molecular complexity index is 1090. The molecule has 0 atom stereocenters. The molecule has 30 heavy (non-hydrogen) atoms. The van der Waals surface area contributed by atoms with Gasteiger partial charge < -0.3 is 10.1 Å². The van der Waals surface area contributed by atoms with E-state index in [0.29, 0.717) is 29.2 Å². The highest BCUT2D eigenvalue weighted by atomic mass is 32.2. The summed E-state index contributed by atoms with van der Waals surface area (Å²) in [6, 6.07) is 15.1. The van der Waals surface area contributed by atoms with Crippen LogP contribution < -0.4 is 10.9 Å². The zero-order chi connectivity index (χ0) is 21.7. The molecule has 158 valence electrons. The quantitative estimate of drug-likeness (QED) is 0.456. The fraction of sp³-hybridized carbons (Fsp3) is 0.348. The maximum Gasteiger partial charge on any atom is 0.262 e. The number of ether oxygens (including phenoxy) is 1. The second kappa shape index (κ2) is 9.45. The molecule has 0 aliphatic heterocycles. The highest BCUT2D eigenvalue weighted by molar-refractivity contribution is 7.99. The molecule has 3 aromatic rings. The first-order valence-electron chi connectivity index (χ1n) is 9.81. The van der Waals surface area contributed by atoms with Gasteiger partial charge in [-0.05, 0) is 35.2 Å². The van der Waals surface area contributed by atoms with Gasteiger partial charge in [0.05, 0.1) is 29.8 Å². The number of hydrogen-bond acceptors (Lipinski definition) is 5. The van der Waals surface area contributed by atoms with Crippen molar-refractivity contribution < 1.29 is 9.53 Å². The topological polar surface area (TPSA) is 73.2 Å². The van der Waals surface area contributed by atoms with Gasteiger partial charge in [0.15, 0.2) is 5.16 Å². The van der Waals surface area contributed by atoms with Gasteiger partial charge in [-0.3, -0.25) is 14.2 Å². The van der Waals surface area contributed by atoms with Crippen molar-refractivity contribution in [1.29, 1.82) is 0 Å². The zero-order valence-corrected chi connectivity index (χ0v) is 18.6. The second-order valence-electron chi connectivity index (χ2n) is 8.03. The van der Waals surface area contributed by atoms with Gasteiger partial charge in [-0.15, -0.1) is 0 Å². The van der Waals surface area contributed by atoms with Crippen LogP contribution in [0.5, 0.6) is 0 Å². The van der Waals surface area contributed by atoms with Crippen molar-refractivity contribution in [2.45, 2.75) is 37.9 Å². The van der Waals surface area contributed by atoms with Gasteiger partial charge in [0.25, 0.3) is 5.56 Å². The Kier molecular flexibility index (Phi) is 6.95. The molecule has 0 fully saturated rings. The molecule has 1 amide bonds. The Balaban J connectivity index is 1.74. The number of nitrogens with one attached hydrogen (secondary N) is 1. The Hall–Kier alpha value is -2.64. The van der Waals surface area contributed by atoms with Crippen molar-refractivity contribution >= 4 is 34.3 Å². The van der Waals surface area contributed by atoms with E-state index in [1.807, 2.05) is 36.4 Å². The molecule has 0 radical (unpaired) electrons. The lowest BCUT2D eigenvalue weighted by molar-refractivity contribution is -0.113. The number of methoxy groups -OCH3 is 1. The minimum Gasteiger partial charge on any atom is -0.383 e. The molecule has 1 aromatic heterocycles. The molecule has 0 saturated carbocycles. The number of amides is 1. The van der Waals surface area contributed by atoms with Crippen molar-refractivity contribution in [2.24, 2.45) is 0 Å². The summed E-state index contributed by atoms with van der Waals surface area (Å²) in [4.78, 5) is 29.9. The number of para-hydroxylation sites is 1. The lowest BCUT2D eigenvalue weighted by Gasteiger charge is -2.19. The standard InChI is InChI=1S/C23H27N3O3S/c1-23(2,3)16-9-11-17(12-10-16)24-20(27)15-30-22-25-19-8-6-5-7-18(19)21(28)26(22)13-14-29-4/h5-12H,13-15H2,1-4H3,(H,24,27). The van der Waals surface area contributed by atoms with Gasteiger partial charge in [-0.1, -0.05) is 56.8 Å². The van der Waals surface area contributed by atoms with Crippen LogP contribution in [0.15, 0.2) is 58.5 Å². The van der Waals surface area contributed by atoms with Crippen molar-refractivity contribution in [3.05, 3.63) is 64.4 Å². The fourth-order valence-corrected chi connectivity index (χ4v) is 3.84. The van der Waals surface area contributed by atoms with Crippen LogP contribution in [0.25, 0.3) is 10.9 Å². The van der Waals surface area contributed by atoms with Crippen LogP contribution in [0.2, 0.25) is 0 Å². The number of nitrogens with zero attached hydrogens (tertiary/aromatic N) is 2. The predicted molar refractivity (Wildman–Crippen MR) is 122 cm³/mol. The first-order chi connectivity index (χ1) is 14.3. The Morgan fingerprint density at radius 1 is 1.13 bits per heavy atom. The maximum absolute atomic E-state index is 12.9. The van der Waals surface area contributed by atoms with Gasteiger partial charge in [0.2, 0.25) is 5.91 Å². The summed E-state index contributed by atoms with van der Waals surface area (Å²) in [7, 11) is 1.59. The molecule has 1 N–H and O–H groups in total. The van der Waals surface area contributed by atoms with Crippen LogP contribution >= 0.6 is 11.8 Å². The summed E-state index contributed by atoms with van der Waals surface area (Å²) in [5.74, 6) is 0.00269. The number of carbonyl (C=O) groups excluding carboxylic acids is 1. The number of hydrogen-bond donors (Lipinski definition) is 1. The van der Waals surface area contributed by atoms with E-state index in [1.165, 1.54) is 17.3 Å². The third kappa shape index (κ3) is 5.29.